The average Bonchev–Trinajstić information content (AvgIpc) is 3.42. The Morgan fingerprint density at radius 3 is 2.34 bits per heavy atom. The van der Waals surface area contributed by atoms with E-state index in [-0.39, 0.29) is 30.1 Å². The van der Waals surface area contributed by atoms with Crippen LogP contribution in [0.2, 0.25) is 0 Å². The summed E-state index contributed by atoms with van der Waals surface area (Å²) >= 11 is 0. The highest BCUT2D eigenvalue weighted by molar-refractivity contribution is 5.76. The molecule has 8 heteroatoms. The summed E-state index contributed by atoms with van der Waals surface area (Å²) in [4.78, 5) is 34.4. The Morgan fingerprint density at radius 1 is 1.14 bits per heavy atom. The van der Waals surface area contributed by atoms with Gasteiger partial charge < -0.3 is 15.7 Å². The summed E-state index contributed by atoms with van der Waals surface area (Å²) in [6.45, 7) is 3.40. The molecule has 2 aliphatic rings. The van der Waals surface area contributed by atoms with Crippen LogP contribution >= 0.6 is 0 Å². The molecule has 0 bridgehead atoms. The number of hydrogen-bond acceptors (Lipinski definition) is 4. The van der Waals surface area contributed by atoms with Gasteiger partial charge in [0, 0.05) is 45.1 Å². The van der Waals surface area contributed by atoms with E-state index < -0.39 is 0 Å². The highest BCUT2D eigenvalue weighted by Crippen LogP contribution is 2.35. The van der Waals surface area contributed by atoms with Crippen molar-refractivity contribution in [1.29, 1.82) is 0 Å². The number of halogens is 1. The molecule has 1 saturated heterocycles. The van der Waals surface area contributed by atoms with Crippen LogP contribution in [0.25, 0.3) is 0 Å². The molecule has 29 heavy (non-hydrogen) atoms. The molecular weight excluding hydrogens is 377 g/mol. The van der Waals surface area contributed by atoms with Crippen molar-refractivity contribution in [2.75, 3.05) is 13.1 Å². The number of nitrogens with one attached hydrogen (secondary N) is 2. The standard InChI is InChI=1S/C20H28FN3O2.CH2O2/c1-14(25)22-12-19-9-8-18(24(19)13-16-2-3-16)10-20(26)23-11-15-4-6-17(21)7-5-15;2-1-3/h4-7,16,18-19H,2-3,8-13H2,1H3,(H,22,25)(H,23,26);1H,(H,2,3)/t18-,19+;/m0./s1. The van der Waals surface area contributed by atoms with E-state index in [0.717, 1.165) is 30.9 Å². The van der Waals surface area contributed by atoms with Gasteiger partial charge in [0.25, 0.3) is 6.47 Å². The van der Waals surface area contributed by atoms with Crippen LogP contribution in [0, 0.1) is 11.7 Å². The van der Waals surface area contributed by atoms with Crippen molar-refractivity contribution in [2.24, 2.45) is 5.92 Å². The van der Waals surface area contributed by atoms with Crippen molar-refractivity contribution in [2.45, 2.75) is 57.7 Å². The molecule has 0 unspecified atom stereocenters. The lowest BCUT2D eigenvalue weighted by Gasteiger charge is -2.30. The molecule has 1 heterocycles. The second-order valence-electron chi connectivity index (χ2n) is 7.67. The lowest BCUT2D eigenvalue weighted by Crippen LogP contribution is -2.45. The SMILES string of the molecule is CC(=O)NC[C@H]1CC[C@@H](CC(=O)NCc2ccc(F)cc2)N1CC1CC1.O=CO. The van der Waals surface area contributed by atoms with Gasteiger partial charge in [0.2, 0.25) is 11.8 Å². The summed E-state index contributed by atoms with van der Waals surface area (Å²) in [5.74, 6) is 0.502. The molecule has 1 aromatic rings. The number of amides is 2. The van der Waals surface area contributed by atoms with Crippen LogP contribution in [-0.4, -0.2) is 53.5 Å². The Labute approximate surface area is 170 Å². The molecule has 7 nitrogen and oxygen atoms in total. The van der Waals surface area contributed by atoms with Gasteiger partial charge in [-0.15, -0.1) is 0 Å². The summed E-state index contributed by atoms with van der Waals surface area (Å²) in [6.07, 6.45) is 5.02. The van der Waals surface area contributed by atoms with E-state index in [2.05, 4.69) is 15.5 Å². The number of hydrogen-bond donors (Lipinski definition) is 3. The van der Waals surface area contributed by atoms with Crippen LogP contribution in [0.4, 0.5) is 4.39 Å². The third kappa shape index (κ3) is 8.19. The normalized spacial score (nSPS) is 21.0. The number of carbonyl (C=O) groups is 3. The Bertz CT molecular complexity index is 679. The van der Waals surface area contributed by atoms with Crippen molar-refractivity contribution < 1.29 is 23.9 Å². The molecule has 0 aromatic heterocycles. The van der Waals surface area contributed by atoms with E-state index in [4.69, 9.17) is 9.90 Å². The highest BCUT2D eigenvalue weighted by atomic mass is 19.1. The van der Waals surface area contributed by atoms with Gasteiger partial charge in [-0.3, -0.25) is 19.3 Å². The van der Waals surface area contributed by atoms with E-state index in [1.54, 1.807) is 19.1 Å². The van der Waals surface area contributed by atoms with Crippen LogP contribution < -0.4 is 10.6 Å². The summed E-state index contributed by atoms with van der Waals surface area (Å²) in [5.41, 5.74) is 0.893. The van der Waals surface area contributed by atoms with E-state index in [0.29, 0.717) is 25.6 Å². The van der Waals surface area contributed by atoms with Crippen molar-refractivity contribution in [3.05, 3.63) is 35.6 Å². The van der Waals surface area contributed by atoms with Gasteiger partial charge in [-0.2, -0.15) is 0 Å². The van der Waals surface area contributed by atoms with Crippen molar-refractivity contribution in [3.63, 3.8) is 0 Å². The minimum Gasteiger partial charge on any atom is -0.483 e. The van der Waals surface area contributed by atoms with Gasteiger partial charge in [0.05, 0.1) is 0 Å². The molecule has 1 saturated carbocycles. The zero-order chi connectivity index (χ0) is 21.2. The summed E-state index contributed by atoms with van der Waals surface area (Å²) in [5, 5.41) is 12.8. The predicted octanol–water partition coefficient (Wildman–Crippen LogP) is 1.91. The molecule has 2 atom stereocenters. The zero-order valence-corrected chi connectivity index (χ0v) is 16.8. The maximum atomic E-state index is 12.9. The molecule has 1 aliphatic heterocycles. The lowest BCUT2D eigenvalue weighted by molar-refractivity contribution is -0.123. The molecule has 1 aromatic carbocycles. The molecule has 2 fully saturated rings. The van der Waals surface area contributed by atoms with E-state index >= 15 is 0 Å². The predicted molar refractivity (Wildman–Crippen MR) is 106 cm³/mol. The Hall–Kier alpha value is -2.48. The van der Waals surface area contributed by atoms with Gasteiger partial charge >= 0.3 is 0 Å². The summed E-state index contributed by atoms with van der Waals surface area (Å²) in [6, 6.07) is 6.75. The quantitative estimate of drug-likeness (QED) is 0.572. The van der Waals surface area contributed by atoms with E-state index in [1.807, 2.05) is 0 Å². The first-order valence-electron chi connectivity index (χ1n) is 10.0. The molecule has 0 spiro atoms. The van der Waals surface area contributed by atoms with Crippen LogP contribution in [0.1, 0.15) is 44.6 Å². The van der Waals surface area contributed by atoms with Crippen LogP contribution in [0.3, 0.4) is 0 Å². The molecular formula is C21H30FN3O4. The van der Waals surface area contributed by atoms with Gasteiger partial charge in [0.1, 0.15) is 5.82 Å². The third-order valence-corrected chi connectivity index (χ3v) is 5.35. The van der Waals surface area contributed by atoms with Gasteiger partial charge in [-0.05, 0) is 49.3 Å². The first-order chi connectivity index (χ1) is 13.9. The molecule has 2 amide bonds. The van der Waals surface area contributed by atoms with Crippen LogP contribution in [-0.2, 0) is 20.9 Å². The molecule has 3 N–H and O–H groups in total. The molecule has 160 valence electrons. The minimum atomic E-state index is -0.271. The topological polar surface area (TPSA) is 98.7 Å². The van der Waals surface area contributed by atoms with Crippen molar-refractivity contribution >= 4 is 18.3 Å². The molecule has 0 radical (unpaired) electrons. The Balaban J connectivity index is 0.000000941. The van der Waals surface area contributed by atoms with Gasteiger partial charge in [0.15, 0.2) is 0 Å². The van der Waals surface area contributed by atoms with E-state index in [1.165, 1.54) is 25.0 Å². The maximum absolute atomic E-state index is 12.9. The second-order valence-corrected chi connectivity index (χ2v) is 7.67. The highest BCUT2D eigenvalue weighted by Gasteiger charge is 2.37. The number of carboxylic acid groups (broad SMARTS) is 1. The minimum absolute atomic E-state index is 0.00290. The third-order valence-electron chi connectivity index (χ3n) is 5.35. The largest absolute Gasteiger partial charge is 0.483 e. The number of carbonyl (C=O) groups excluding carboxylic acids is 2. The van der Waals surface area contributed by atoms with Crippen molar-refractivity contribution in [3.8, 4) is 0 Å². The van der Waals surface area contributed by atoms with E-state index in [9.17, 15) is 14.0 Å². The lowest BCUT2D eigenvalue weighted by atomic mass is 10.1. The Morgan fingerprint density at radius 2 is 1.76 bits per heavy atom. The Kier molecular flexibility index (Phi) is 9.05. The smallest absolute Gasteiger partial charge is 0.290 e. The summed E-state index contributed by atoms with van der Waals surface area (Å²) < 4.78 is 12.9. The number of likely N-dealkylation sites (tertiary alicyclic amines) is 1. The monoisotopic (exact) mass is 407 g/mol. The fourth-order valence-electron chi connectivity index (χ4n) is 3.70. The number of rotatable bonds is 8. The fourth-order valence-corrected chi connectivity index (χ4v) is 3.70. The average molecular weight is 407 g/mol. The first-order valence-corrected chi connectivity index (χ1v) is 10.0. The van der Waals surface area contributed by atoms with Crippen molar-refractivity contribution in [1.82, 2.24) is 15.5 Å². The second kappa shape index (κ2) is 11.5. The summed E-state index contributed by atoms with van der Waals surface area (Å²) in [7, 11) is 0. The van der Waals surface area contributed by atoms with Gasteiger partial charge in [-0.25, -0.2) is 4.39 Å². The first kappa shape index (κ1) is 22.8. The maximum Gasteiger partial charge on any atom is 0.290 e. The van der Waals surface area contributed by atoms with Crippen LogP contribution in [0.5, 0.6) is 0 Å². The fraction of sp³-hybridized carbons (Fsp3) is 0.571. The number of benzene rings is 1. The molecule has 3 rings (SSSR count). The van der Waals surface area contributed by atoms with Gasteiger partial charge in [-0.1, -0.05) is 12.1 Å². The van der Waals surface area contributed by atoms with Crippen LogP contribution in [0.15, 0.2) is 24.3 Å². The zero-order valence-electron chi connectivity index (χ0n) is 16.8. The number of nitrogens with zero attached hydrogens (tertiary/aromatic N) is 1. The molecule has 1 aliphatic carbocycles.